The molecule has 0 aromatic heterocycles. The van der Waals surface area contributed by atoms with E-state index >= 15 is 0 Å². The van der Waals surface area contributed by atoms with Gasteiger partial charge in [0.1, 0.15) is 17.5 Å². The van der Waals surface area contributed by atoms with E-state index in [0.717, 1.165) is 24.3 Å². The molecule has 0 aliphatic carbocycles. The number of carbonyl (C=O) groups is 1. The van der Waals surface area contributed by atoms with Crippen molar-refractivity contribution in [1.29, 1.82) is 5.26 Å². The number of halogens is 1. The predicted molar refractivity (Wildman–Crippen MR) is 104 cm³/mol. The van der Waals surface area contributed by atoms with Gasteiger partial charge in [-0.25, -0.2) is 4.39 Å². The molecule has 1 N–H and O–H groups in total. The molecule has 0 saturated carbocycles. The first-order valence-corrected chi connectivity index (χ1v) is 8.79. The number of rotatable bonds is 4. The van der Waals surface area contributed by atoms with Crippen molar-refractivity contribution in [3.63, 3.8) is 0 Å². The molecular weight excluding hydrogens is 343 g/mol. The second kappa shape index (κ2) is 8.37. The lowest BCUT2D eigenvalue weighted by atomic mass is 10.2. The molecule has 0 unspecified atom stereocenters. The Labute approximate surface area is 158 Å². The Morgan fingerprint density at radius 3 is 2.30 bits per heavy atom. The maximum atomic E-state index is 13.0. The van der Waals surface area contributed by atoms with Gasteiger partial charge in [0.2, 0.25) is 0 Å². The van der Waals surface area contributed by atoms with Crippen LogP contribution in [-0.4, -0.2) is 37.0 Å². The summed E-state index contributed by atoms with van der Waals surface area (Å²) in [5.74, 6) is -0.666. The maximum absolute atomic E-state index is 13.0. The van der Waals surface area contributed by atoms with Crippen molar-refractivity contribution in [3.05, 3.63) is 71.7 Å². The Kier molecular flexibility index (Phi) is 5.72. The van der Waals surface area contributed by atoms with Crippen LogP contribution < -0.4 is 10.2 Å². The fourth-order valence-corrected chi connectivity index (χ4v) is 2.92. The zero-order valence-electron chi connectivity index (χ0n) is 15.2. The molecule has 6 heteroatoms. The Hall–Kier alpha value is -3.33. The number of anilines is 2. The van der Waals surface area contributed by atoms with Crippen LogP contribution in [0.5, 0.6) is 0 Å². The number of carbonyl (C=O) groups excluding carboxylic acids is 1. The number of nitrogens with one attached hydrogen (secondary N) is 1. The van der Waals surface area contributed by atoms with Gasteiger partial charge in [-0.05, 0) is 43.3 Å². The van der Waals surface area contributed by atoms with Gasteiger partial charge < -0.3 is 15.1 Å². The molecule has 3 rings (SSSR count). The van der Waals surface area contributed by atoms with Crippen LogP contribution in [0.4, 0.5) is 15.8 Å². The summed E-state index contributed by atoms with van der Waals surface area (Å²) >= 11 is 0. The van der Waals surface area contributed by atoms with Crippen molar-refractivity contribution in [2.24, 2.45) is 0 Å². The first kappa shape index (κ1) is 18.5. The number of benzene rings is 2. The molecule has 0 radical (unpaired) electrons. The van der Waals surface area contributed by atoms with E-state index in [1.54, 1.807) is 18.3 Å². The van der Waals surface area contributed by atoms with Crippen LogP contribution in [0.1, 0.15) is 5.56 Å². The number of aryl methyl sites for hydroxylation is 1. The molecule has 1 aliphatic rings. The molecule has 0 spiro atoms. The van der Waals surface area contributed by atoms with E-state index < -0.39 is 5.91 Å². The van der Waals surface area contributed by atoms with Crippen LogP contribution in [0.25, 0.3) is 0 Å². The fourth-order valence-electron chi connectivity index (χ4n) is 2.92. The quantitative estimate of drug-likeness (QED) is 0.668. The zero-order valence-corrected chi connectivity index (χ0v) is 15.2. The van der Waals surface area contributed by atoms with Crippen LogP contribution >= 0.6 is 0 Å². The summed E-state index contributed by atoms with van der Waals surface area (Å²) in [6.45, 7) is 4.80. The van der Waals surface area contributed by atoms with Crippen LogP contribution in [0.15, 0.2) is 60.3 Å². The van der Waals surface area contributed by atoms with Crippen molar-refractivity contribution in [1.82, 2.24) is 4.90 Å². The van der Waals surface area contributed by atoms with Gasteiger partial charge in [-0.15, -0.1) is 0 Å². The summed E-state index contributed by atoms with van der Waals surface area (Å²) < 4.78 is 13.0. The number of nitrogens with zero attached hydrogens (tertiary/aromatic N) is 3. The third-order valence-electron chi connectivity index (χ3n) is 4.49. The Balaban J connectivity index is 1.59. The van der Waals surface area contributed by atoms with E-state index in [1.807, 2.05) is 42.2 Å². The molecule has 138 valence electrons. The summed E-state index contributed by atoms with van der Waals surface area (Å²) in [6, 6.07) is 15.8. The maximum Gasteiger partial charge on any atom is 0.267 e. The molecule has 27 heavy (non-hydrogen) atoms. The lowest BCUT2D eigenvalue weighted by molar-refractivity contribution is -0.112. The fraction of sp³-hybridized carbons (Fsp3) is 0.238. The van der Waals surface area contributed by atoms with Crippen LogP contribution in [0, 0.1) is 24.1 Å². The summed E-state index contributed by atoms with van der Waals surface area (Å²) in [4.78, 5) is 16.5. The monoisotopic (exact) mass is 364 g/mol. The van der Waals surface area contributed by atoms with Crippen molar-refractivity contribution >= 4 is 17.3 Å². The van der Waals surface area contributed by atoms with Gasteiger partial charge in [0.25, 0.3) is 5.91 Å². The normalized spacial score (nSPS) is 14.6. The summed E-state index contributed by atoms with van der Waals surface area (Å²) in [6.07, 6.45) is 1.62. The summed E-state index contributed by atoms with van der Waals surface area (Å²) in [7, 11) is 0. The average molecular weight is 364 g/mol. The highest BCUT2D eigenvalue weighted by Gasteiger charge is 2.18. The Morgan fingerprint density at radius 2 is 1.70 bits per heavy atom. The predicted octanol–water partition coefficient (Wildman–Crippen LogP) is 3.30. The molecule has 2 aromatic rings. The second-order valence-corrected chi connectivity index (χ2v) is 6.47. The van der Waals surface area contributed by atoms with Crippen molar-refractivity contribution < 1.29 is 9.18 Å². The minimum absolute atomic E-state index is 0.0748. The van der Waals surface area contributed by atoms with E-state index in [4.69, 9.17) is 0 Å². The highest BCUT2D eigenvalue weighted by atomic mass is 19.1. The summed E-state index contributed by atoms with van der Waals surface area (Å²) in [5.41, 5.74) is 2.81. The van der Waals surface area contributed by atoms with Crippen molar-refractivity contribution in [2.45, 2.75) is 6.92 Å². The number of nitriles is 1. The lowest BCUT2D eigenvalue weighted by Gasteiger charge is -2.35. The molecular formula is C21H21FN4O. The van der Waals surface area contributed by atoms with Gasteiger partial charge in [0.05, 0.1) is 0 Å². The third-order valence-corrected chi connectivity index (χ3v) is 4.49. The standard InChI is InChI=1S/C21H21FN4O/c1-16-2-6-19(7-3-16)24-21(27)17(14-23)15-25-10-12-26(13-11-25)20-8-4-18(22)5-9-20/h2-9,15H,10-13H2,1H3,(H,24,27)/b17-15-. The van der Waals surface area contributed by atoms with Gasteiger partial charge in [0, 0.05) is 43.8 Å². The van der Waals surface area contributed by atoms with Crippen molar-refractivity contribution in [2.75, 3.05) is 36.4 Å². The second-order valence-electron chi connectivity index (χ2n) is 6.47. The van der Waals surface area contributed by atoms with E-state index in [-0.39, 0.29) is 11.4 Å². The number of amides is 1. The largest absolute Gasteiger partial charge is 0.373 e. The first-order chi connectivity index (χ1) is 13.0. The van der Waals surface area contributed by atoms with Gasteiger partial charge in [-0.1, -0.05) is 17.7 Å². The topological polar surface area (TPSA) is 59.4 Å². The van der Waals surface area contributed by atoms with Crippen molar-refractivity contribution in [3.8, 4) is 6.07 Å². The first-order valence-electron chi connectivity index (χ1n) is 8.79. The molecule has 1 amide bonds. The van der Waals surface area contributed by atoms with E-state index in [2.05, 4.69) is 10.2 Å². The van der Waals surface area contributed by atoms with Gasteiger partial charge in [0.15, 0.2) is 0 Å². The van der Waals surface area contributed by atoms with Crippen LogP contribution in [0.2, 0.25) is 0 Å². The smallest absolute Gasteiger partial charge is 0.267 e. The molecule has 0 atom stereocenters. The highest BCUT2D eigenvalue weighted by Crippen LogP contribution is 2.17. The average Bonchev–Trinajstić information content (AvgIpc) is 2.69. The van der Waals surface area contributed by atoms with Gasteiger partial charge >= 0.3 is 0 Å². The Bertz CT molecular complexity index is 861. The molecule has 2 aromatic carbocycles. The SMILES string of the molecule is Cc1ccc(NC(=O)/C(C#N)=C\N2CCN(c3ccc(F)cc3)CC2)cc1. The molecule has 1 aliphatic heterocycles. The highest BCUT2D eigenvalue weighted by molar-refractivity contribution is 6.06. The van der Waals surface area contributed by atoms with Gasteiger partial charge in [-0.3, -0.25) is 4.79 Å². The molecule has 1 heterocycles. The van der Waals surface area contributed by atoms with Gasteiger partial charge in [-0.2, -0.15) is 5.26 Å². The van der Waals surface area contributed by atoms with Crippen LogP contribution in [0.3, 0.4) is 0 Å². The molecule has 1 fully saturated rings. The molecule has 5 nitrogen and oxygen atoms in total. The van der Waals surface area contributed by atoms with E-state index in [0.29, 0.717) is 18.8 Å². The summed E-state index contributed by atoms with van der Waals surface area (Å²) in [5, 5.41) is 12.1. The minimum atomic E-state index is -0.415. The number of hydrogen-bond acceptors (Lipinski definition) is 4. The van der Waals surface area contributed by atoms with E-state index in [9.17, 15) is 14.4 Å². The number of hydrogen-bond donors (Lipinski definition) is 1. The number of piperazine rings is 1. The minimum Gasteiger partial charge on any atom is -0.373 e. The molecule has 0 bridgehead atoms. The zero-order chi connectivity index (χ0) is 19.2. The van der Waals surface area contributed by atoms with Crippen LogP contribution in [-0.2, 0) is 4.79 Å². The Morgan fingerprint density at radius 1 is 1.07 bits per heavy atom. The lowest BCUT2D eigenvalue weighted by Crippen LogP contribution is -2.44. The van der Waals surface area contributed by atoms with E-state index in [1.165, 1.54) is 12.1 Å². The third kappa shape index (κ3) is 4.85. The molecule has 1 saturated heterocycles.